The van der Waals surface area contributed by atoms with Crippen molar-refractivity contribution in [2.24, 2.45) is 0 Å². The van der Waals surface area contributed by atoms with Gasteiger partial charge in [-0.05, 0) is 33.1 Å². The zero-order chi connectivity index (χ0) is 19.5. The molecule has 0 unspecified atom stereocenters. The van der Waals surface area contributed by atoms with Gasteiger partial charge in [-0.25, -0.2) is 19.2 Å². The smallest absolute Gasteiger partial charge is 0.477 e. The fraction of sp³-hybridized carbons (Fsp3) is 0.438. The first-order valence-corrected chi connectivity index (χ1v) is 8.66. The Hall–Kier alpha value is -2.84. The van der Waals surface area contributed by atoms with Gasteiger partial charge in [0, 0.05) is 10.3 Å². The summed E-state index contributed by atoms with van der Waals surface area (Å²) < 4.78 is 14.6. The molecule has 0 fully saturated rings. The van der Waals surface area contributed by atoms with Crippen molar-refractivity contribution in [3.8, 4) is 5.75 Å². The third-order valence-electron chi connectivity index (χ3n) is 3.00. The number of thiophene rings is 1. The highest BCUT2D eigenvalue weighted by Gasteiger charge is 2.19. The molecule has 0 aliphatic heterocycles. The summed E-state index contributed by atoms with van der Waals surface area (Å²) in [5.41, 5.74) is -0.113. The first-order chi connectivity index (χ1) is 12.4. The summed E-state index contributed by atoms with van der Waals surface area (Å²) >= 11 is 1.21. The minimum atomic E-state index is -1.32. The van der Waals surface area contributed by atoms with E-state index in [1.54, 1.807) is 13.8 Å². The highest BCUT2D eigenvalue weighted by Crippen LogP contribution is 2.36. The van der Waals surface area contributed by atoms with E-state index >= 15 is 0 Å². The van der Waals surface area contributed by atoms with Crippen LogP contribution in [0.15, 0.2) is 11.0 Å². The van der Waals surface area contributed by atoms with E-state index in [0.717, 1.165) is 0 Å². The highest BCUT2D eigenvalue weighted by molar-refractivity contribution is 7.11. The van der Waals surface area contributed by atoms with Gasteiger partial charge < -0.3 is 19.3 Å². The number of carboxylic acids is 1. The molecule has 142 valence electrons. The highest BCUT2D eigenvalue weighted by atomic mass is 32.1. The molecule has 10 heteroatoms. The third kappa shape index (κ3) is 6.58. The number of rotatable bonds is 9. The zero-order valence-electron chi connectivity index (χ0n) is 14.3. The molecule has 1 rings (SSSR count). The minimum absolute atomic E-state index is 0.0175. The maximum absolute atomic E-state index is 11.7. The van der Waals surface area contributed by atoms with E-state index in [2.05, 4.69) is 5.32 Å². The number of ether oxygens (including phenoxy) is 3. The summed E-state index contributed by atoms with van der Waals surface area (Å²) in [4.78, 5) is 45.2. The van der Waals surface area contributed by atoms with Crippen LogP contribution in [0.4, 0.5) is 15.3 Å². The summed E-state index contributed by atoms with van der Waals surface area (Å²) in [6.07, 6.45) is -0.949. The van der Waals surface area contributed by atoms with Crippen molar-refractivity contribution in [2.45, 2.75) is 33.1 Å². The van der Waals surface area contributed by atoms with E-state index in [-0.39, 0.29) is 36.6 Å². The molecule has 1 aromatic heterocycles. The van der Waals surface area contributed by atoms with Crippen molar-refractivity contribution in [3.63, 3.8) is 0 Å². The standard InChI is InChI=1S/C16H19NO8S/c1-3-23-15(21)17-13-11(25-16(22)24-4-2)9-26-12(13)7-5-6-10(8-18)14(19)20/h9H,3-7H2,1-2H3,(H,17,21)(H,19,20). The minimum Gasteiger partial charge on any atom is -0.477 e. The molecule has 0 aliphatic carbocycles. The fourth-order valence-corrected chi connectivity index (χ4v) is 2.85. The number of aryl methyl sites for hydroxylation is 1. The van der Waals surface area contributed by atoms with Crippen LogP contribution in [0.1, 0.15) is 31.6 Å². The van der Waals surface area contributed by atoms with Crippen LogP contribution in [0, 0.1) is 0 Å². The van der Waals surface area contributed by atoms with E-state index in [9.17, 15) is 19.2 Å². The number of amides is 1. The Morgan fingerprint density at radius 1 is 1.23 bits per heavy atom. The number of nitrogens with one attached hydrogen (secondary N) is 1. The predicted molar refractivity (Wildman–Crippen MR) is 92.4 cm³/mol. The average Bonchev–Trinajstić information content (AvgIpc) is 2.93. The van der Waals surface area contributed by atoms with Crippen LogP contribution in [0.5, 0.6) is 5.75 Å². The molecule has 1 heterocycles. The molecule has 0 atom stereocenters. The van der Waals surface area contributed by atoms with E-state index in [4.69, 9.17) is 19.3 Å². The Bertz CT molecular complexity index is 705. The lowest BCUT2D eigenvalue weighted by molar-refractivity contribution is -0.132. The lowest BCUT2D eigenvalue weighted by Crippen LogP contribution is -2.16. The van der Waals surface area contributed by atoms with Crippen molar-refractivity contribution in [2.75, 3.05) is 18.5 Å². The van der Waals surface area contributed by atoms with Crippen molar-refractivity contribution in [3.05, 3.63) is 15.8 Å². The number of aliphatic carboxylic acids is 1. The van der Waals surface area contributed by atoms with Gasteiger partial charge in [0.15, 0.2) is 5.75 Å². The second-order valence-corrected chi connectivity index (χ2v) is 5.73. The molecule has 0 saturated heterocycles. The zero-order valence-corrected chi connectivity index (χ0v) is 15.1. The number of carboxylic acid groups (broad SMARTS) is 1. The lowest BCUT2D eigenvalue weighted by atomic mass is 10.1. The van der Waals surface area contributed by atoms with Crippen LogP contribution in [-0.4, -0.2) is 42.5 Å². The lowest BCUT2D eigenvalue weighted by Gasteiger charge is -2.10. The van der Waals surface area contributed by atoms with Crippen LogP contribution in [-0.2, 0) is 25.5 Å². The fourth-order valence-electron chi connectivity index (χ4n) is 1.90. The molecule has 0 bridgehead atoms. The van der Waals surface area contributed by atoms with Gasteiger partial charge in [-0.1, -0.05) is 0 Å². The number of carbonyl (C=O) groups excluding carboxylic acids is 3. The largest absolute Gasteiger partial charge is 0.513 e. The first kappa shape index (κ1) is 21.2. The van der Waals surface area contributed by atoms with Crippen LogP contribution >= 0.6 is 11.3 Å². The summed E-state index contributed by atoms with van der Waals surface area (Å²) in [5.74, 6) is 0.172. The SMILES string of the molecule is CCOC(=O)Nc1c(OC(=O)OCC)csc1CCCC(=C=O)C(=O)O. The van der Waals surface area contributed by atoms with Gasteiger partial charge in [0.05, 0.1) is 13.2 Å². The second kappa shape index (κ2) is 10.9. The Morgan fingerprint density at radius 2 is 1.92 bits per heavy atom. The molecule has 0 aliphatic rings. The molecule has 0 saturated carbocycles. The summed E-state index contributed by atoms with van der Waals surface area (Å²) in [5, 5.41) is 12.8. The van der Waals surface area contributed by atoms with Crippen LogP contribution in [0.3, 0.4) is 0 Å². The Morgan fingerprint density at radius 3 is 2.50 bits per heavy atom. The van der Waals surface area contributed by atoms with E-state index in [1.807, 2.05) is 0 Å². The Balaban J connectivity index is 2.90. The molecule has 1 amide bonds. The second-order valence-electron chi connectivity index (χ2n) is 4.77. The van der Waals surface area contributed by atoms with E-state index < -0.39 is 18.2 Å². The molecular formula is C16H19NO8S. The normalized spacial score (nSPS) is 9.77. The number of hydrogen-bond donors (Lipinski definition) is 2. The monoisotopic (exact) mass is 385 g/mol. The molecule has 0 spiro atoms. The van der Waals surface area contributed by atoms with E-state index in [0.29, 0.717) is 17.7 Å². The van der Waals surface area contributed by atoms with Gasteiger partial charge in [-0.3, -0.25) is 5.32 Å². The number of carbonyl (C=O) groups is 3. The third-order valence-corrected chi connectivity index (χ3v) is 4.03. The number of hydrogen-bond acceptors (Lipinski definition) is 8. The van der Waals surface area contributed by atoms with Crippen LogP contribution in [0.25, 0.3) is 0 Å². The van der Waals surface area contributed by atoms with Gasteiger partial charge in [-0.2, -0.15) is 0 Å². The maximum atomic E-state index is 11.7. The molecule has 0 radical (unpaired) electrons. The first-order valence-electron chi connectivity index (χ1n) is 7.78. The summed E-state index contributed by atoms with van der Waals surface area (Å²) in [6.45, 7) is 3.56. The summed E-state index contributed by atoms with van der Waals surface area (Å²) in [6, 6.07) is 0. The van der Waals surface area contributed by atoms with Crippen molar-refractivity contribution >= 4 is 41.2 Å². The molecule has 2 N–H and O–H groups in total. The average molecular weight is 385 g/mol. The van der Waals surface area contributed by atoms with E-state index in [1.165, 1.54) is 22.7 Å². The van der Waals surface area contributed by atoms with Crippen molar-refractivity contribution in [1.29, 1.82) is 0 Å². The van der Waals surface area contributed by atoms with Gasteiger partial charge in [0.2, 0.25) is 0 Å². The Labute approximate surface area is 153 Å². The van der Waals surface area contributed by atoms with Crippen LogP contribution < -0.4 is 10.1 Å². The predicted octanol–water partition coefficient (Wildman–Crippen LogP) is 3.02. The van der Waals surface area contributed by atoms with Crippen LogP contribution in [0.2, 0.25) is 0 Å². The van der Waals surface area contributed by atoms with Crippen molar-refractivity contribution < 1.29 is 38.5 Å². The molecule has 0 aromatic carbocycles. The topological polar surface area (TPSA) is 128 Å². The molecule has 1 aromatic rings. The Kier molecular flexibility index (Phi) is 8.90. The molecule has 9 nitrogen and oxygen atoms in total. The van der Waals surface area contributed by atoms with Crippen molar-refractivity contribution in [1.82, 2.24) is 0 Å². The van der Waals surface area contributed by atoms with Gasteiger partial charge in [0.25, 0.3) is 0 Å². The molecular weight excluding hydrogens is 366 g/mol. The van der Waals surface area contributed by atoms with Gasteiger partial charge in [-0.15, -0.1) is 11.3 Å². The summed E-state index contributed by atoms with van der Waals surface area (Å²) in [7, 11) is 0. The van der Waals surface area contributed by atoms with Gasteiger partial charge in [0.1, 0.15) is 17.2 Å². The number of anilines is 1. The quantitative estimate of drug-likeness (QED) is 0.377. The maximum Gasteiger partial charge on any atom is 0.513 e. The van der Waals surface area contributed by atoms with Gasteiger partial charge >= 0.3 is 18.2 Å². The molecule has 26 heavy (non-hydrogen) atoms.